The molecule has 1 aromatic carbocycles. The number of nitrogens with one attached hydrogen (secondary N) is 2. The molecule has 4 nitrogen and oxygen atoms in total. The molecule has 1 unspecified atom stereocenters. The lowest BCUT2D eigenvalue weighted by atomic mass is 10.3. The van der Waals surface area contributed by atoms with E-state index in [-0.39, 0.29) is 24.0 Å². The third kappa shape index (κ3) is 11.7. The molecular formula is C19H35IN4S. The van der Waals surface area contributed by atoms with Crippen molar-refractivity contribution < 1.29 is 0 Å². The maximum Gasteiger partial charge on any atom is 0.191 e. The van der Waals surface area contributed by atoms with Gasteiger partial charge in [0.2, 0.25) is 0 Å². The predicted octanol–water partition coefficient (Wildman–Crippen LogP) is 4.07. The summed E-state index contributed by atoms with van der Waals surface area (Å²) in [5.41, 5.74) is 0. The molecule has 1 rings (SSSR count). The summed E-state index contributed by atoms with van der Waals surface area (Å²) in [7, 11) is 1.83. The molecule has 25 heavy (non-hydrogen) atoms. The summed E-state index contributed by atoms with van der Waals surface area (Å²) in [6.45, 7) is 12.0. The van der Waals surface area contributed by atoms with E-state index in [1.165, 1.54) is 24.3 Å². The first kappa shape index (κ1) is 24.5. The van der Waals surface area contributed by atoms with Gasteiger partial charge >= 0.3 is 0 Å². The number of guanidine groups is 1. The van der Waals surface area contributed by atoms with Crippen molar-refractivity contribution in [2.45, 2.75) is 43.8 Å². The first-order valence-corrected chi connectivity index (χ1v) is 9.96. The standard InChI is InChI=1S/C19H34N4S.HI/c1-5-23(6-2)15-11-10-14-21-19(20-4)22-16-17(3)24-18-12-8-7-9-13-18;/h7-9,12-13,17H,5-6,10-11,14-16H2,1-4H3,(H2,20,21,22);1H. The fourth-order valence-corrected chi connectivity index (χ4v) is 3.39. The number of hydrogen-bond acceptors (Lipinski definition) is 3. The zero-order valence-electron chi connectivity index (χ0n) is 16.1. The minimum atomic E-state index is 0. The summed E-state index contributed by atoms with van der Waals surface area (Å²) in [4.78, 5) is 8.09. The number of aliphatic imine (C=N–C) groups is 1. The molecule has 0 amide bonds. The number of unbranched alkanes of at least 4 members (excludes halogenated alkanes) is 1. The smallest absolute Gasteiger partial charge is 0.191 e. The van der Waals surface area contributed by atoms with Gasteiger partial charge in [0, 0.05) is 30.3 Å². The van der Waals surface area contributed by atoms with Crippen LogP contribution in [-0.2, 0) is 0 Å². The fraction of sp³-hybridized carbons (Fsp3) is 0.632. The van der Waals surface area contributed by atoms with Crippen LogP contribution in [0.3, 0.4) is 0 Å². The fourth-order valence-electron chi connectivity index (χ4n) is 2.44. The van der Waals surface area contributed by atoms with Gasteiger partial charge in [-0.25, -0.2) is 0 Å². The Hall–Kier alpha value is -0.470. The summed E-state index contributed by atoms with van der Waals surface area (Å²) in [5, 5.41) is 7.32. The van der Waals surface area contributed by atoms with Crippen molar-refractivity contribution >= 4 is 41.7 Å². The highest BCUT2D eigenvalue weighted by atomic mass is 127. The molecule has 0 saturated heterocycles. The first-order valence-electron chi connectivity index (χ1n) is 9.08. The van der Waals surface area contributed by atoms with Crippen LogP contribution in [0, 0.1) is 0 Å². The normalized spacial score (nSPS) is 12.6. The van der Waals surface area contributed by atoms with Gasteiger partial charge in [-0.05, 0) is 44.6 Å². The molecule has 0 heterocycles. The largest absolute Gasteiger partial charge is 0.356 e. The predicted molar refractivity (Wildman–Crippen MR) is 124 cm³/mol. The molecule has 0 aliphatic carbocycles. The van der Waals surface area contributed by atoms with Crippen LogP contribution in [0.25, 0.3) is 0 Å². The van der Waals surface area contributed by atoms with E-state index in [1.807, 2.05) is 18.8 Å². The van der Waals surface area contributed by atoms with E-state index < -0.39 is 0 Å². The van der Waals surface area contributed by atoms with Crippen molar-refractivity contribution in [2.24, 2.45) is 4.99 Å². The average Bonchev–Trinajstić information content (AvgIpc) is 2.61. The Morgan fingerprint density at radius 2 is 1.80 bits per heavy atom. The van der Waals surface area contributed by atoms with Crippen LogP contribution in [0.1, 0.15) is 33.6 Å². The van der Waals surface area contributed by atoms with Crippen molar-refractivity contribution in [3.63, 3.8) is 0 Å². The summed E-state index contributed by atoms with van der Waals surface area (Å²) in [5.74, 6) is 0.901. The molecule has 0 aromatic heterocycles. The van der Waals surface area contributed by atoms with Crippen LogP contribution >= 0.6 is 35.7 Å². The third-order valence-corrected chi connectivity index (χ3v) is 5.06. The lowest BCUT2D eigenvalue weighted by Crippen LogP contribution is -2.40. The number of thioether (sulfide) groups is 1. The molecule has 1 atom stereocenters. The van der Waals surface area contributed by atoms with Gasteiger partial charge in [0.1, 0.15) is 0 Å². The van der Waals surface area contributed by atoms with Crippen molar-refractivity contribution in [3.8, 4) is 0 Å². The van der Waals surface area contributed by atoms with Gasteiger partial charge in [0.15, 0.2) is 5.96 Å². The van der Waals surface area contributed by atoms with Crippen LogP contribution < -0.4 is 10.6 Å². The Labute approximate surface area is 175 Å². The van der Waals surface area contributed by atoms with E-state index in [1.54, 1.807) is 0 Å². The van der Waals surface area contributed by atoms with E-state index in [2.05, 4.69) is 71.6 Å². The Kier molecular flexibility index (Phi) is 15.5. The highest BCUT2D eigenvalue weighted by molar-refractivity contribution is 14.0. The Morgan fingerprint density at radius 1 is 1.12 bits per heavy atom. The van der Waals surface area contributed by atoms with E-state index in [0.717, 1.165) is 32.1 Å². The van der Waals surface area contributed by atoms with Gasteiger partial charge in [-0.15, -0.1) is 35.7 Å². The van der Waals surface area contributed by atoms with Crippen LogP contribution in [0.5, 0.6) is 0 Å². The zero-order chi connectivity index (χ0) is 17.6. The van der Waals surface area contributed by atoms with E-state index in [0.29, 0.717) is 5.25 Å². The molecule has 0 bridgehead atoms. The summed E-state index contributed by atoms with van der Waals surface area (Å²) >= 11 is 1.89. The van der Waals surface area contributed by atoms with E-state index >= 15 is 0 Å². The van der Waals surface area contributed by atoms with Crippen LogP contribution in [0.15, 0.2) is 40.2 Å². The topological polar surface area (TPSA) is 39.7 Å². The van der Waals surface area contributed by atoms with Gasteiger partial charge in [0.25, 0.3) is 0 Å². The van der Waals surface area contributed by atoms with Gasteiger partial charge in [-0.1, -0.05) is 39.0 Å². The molecule has 2 N–H and O–H groups in total. The van der Waals surface area contributed by atoms with Gasteiger partial charge in [0.05, 0.1) is 0 Å². The monoisotopic (exact) mass is 478 g/mol. The highest BCUT2D eigenvalue weighted by Gasteiger charge is 2.05. The highest BCUT2D eigenvalue weighted by Crippen LogP contribution is 2.21. The Morgan fingerprint density at radius 3 is 2.40 bits per heavy atom. The zero-order valence-corrected chi connectivity index (χ0v) is 19.3. The maximum atomic E-state index is 4.31. The molecule has 0 saturated carbocycles. The number of benzene rings is 1. The van der Waals surface area contributed by atoms with Crippen LogP contribution in [0.4, 0.5) is 0 Å². The Bertz CT molecular complexity index is 452. The lowest BCUT2D eigenvalue weighted by molar-refractivity contribution is 0.297. The molecule has 0 aliphatic rings. The van der Waals surface area contributed by atoms with E-state index in [9.17, 15) is 0 Å². The number of nitrogens with zero attached hydrogens (tertiary/aromatic N) is 2. The van der Waals surface area contributed by atoms with Crippen LogP contribution in [0.2, 0.25) is 0 Å². The summed E-state index contributed by atoms with van der Waals surface area (Å²) in [6.07, 6.45) is 2.40. The van der Waals surface area contributed by atoms with E-state index in [4.69, 9.17) is 0 Å². The van der Waals surface area contributed by atoms with Crippen LogP contribution in [-0.4, -0.2) is 55.9 Å². The molecule has 6 heteroatoms. The minimum absolute atomic E-state index is 0. The molecule has 1 aromatic rings. The summed E-state index contributed by atoms with van der Waals surface area (Å²) < 4.78 is 0. The maximum absolute atomic E-state index is 4.31. The molecular weight excluding hydrogens is 443 g/mol. The molecule has 0 aliphatic heterocycles. The second kappa shape index (κ2) is 15.8. The Balaban J connectivity index is 0.00000576. The molecule has 0 spiro atoms. The quantitative estimate of drug-likeness (QED) is 0.165. The second-order valence-electron chi connectivity index (χ2n) is 5.86. The molecule has 0 radical (unpaired) electrons. The molecule has 0 fully saturated rings. The third-order valence-electron chi connectivity index (χ3n) is 3.95. The molecule has 144 valence electrons. The first-order chi connectivity index (χ1) is 11.7. The number of halogens is 1. The average molecular weight is 478 g/mol. The minimum Gasteiger partial charge on any atom is -0.356 e. The van der Waals surface area contributed by atoms with Crippen molar-refractivity contribution in [3.05, 3.63) is 30.3 Å². The van der Waals surface area contributed by atoms with Gasteiger partial charge < -0.3 is 15.5 Å². The SMILES string of the molecule is CCN(CC)CCCCNC(=NC)NCC(C)Sc1ccccc1.I. The van der Waals surface area contributed by atoms with Crippen molar-refractivity contribution in [1.29, 1.82) is 0 Å². The summed E-state index contributed by atoms with van der Waals surface area (Å²) in [6, 6.07) is 10.5. The number of rotatable bonds is 11. The second-order valence-corrected chi connectivity index (χ2v) is 7.37. The van der Waals surface area contributed by atoms with Gasteiger partial charge in [-0.2, -0.15) is 0 Å². The lowest BCUT2D eigenvalue weighted by Gasteiger charge is -2.18. The van der Waals surface area contributed by atoms with Crippen molar-refractivity contribution in [2.75, 3.05) is 39.8 Å². The van der Waals surface area contributed by atoms with Crippen molar-refractivity contribution in [1.82, 2.24) is 15.5 Å². The van der Waals surface area contributed by atoms with Gasteiger partial charge in [-0.3, -0.25) is 4.99 Å². The number of hydrogen-bond donors (Lipinski definition) is 2.